The number of aliphatic carboxylic acids is 1. The van der Waals surface area contributed by atoms with Crippen LogP contribution < -0.4 is 0 Å². The fraction of sp³-hybridized carbons (Fsp3) is 0.875. The maximum absolute atomic E-state index is 12.5. The maximum atomic E-state index is 12.5. The van der Waals surface area contributed by atoms with Crippen molar-refractivity contribution in [1.29, 1.82) is 0 Å². The van der Waals surface area contributed by atoms with E-state index in [1.165, 1.54) is 0 Å². The van der Waals surface area contributed by atoms with E-state index < -0.39 is 23.9 Å². The first-order valence-corrected chi connectivity index (χ1v) is 4.18. The predicted molar refractivity (Wildman–Crippen MR) is 40.5 cm³/mol. The summed E-state index contributed by atoms with van der Waals surface area (Å²) in [5, 5.41) is 17.8. The van der Waals surface area contributed by atoms with Gasteiger partial charge in [0, 0.05) is 0 Å². The number of aliphatic hydroxyl groups is 1. The maximum Gasteiger partial charge on any atom is 0.315 e. The van der Waals surface area contributed by atoms with Crippen LogP contribution in [0.3, 0.4) is 0 Å². The lowest BCUT2D eigenvalue weighted by Gasteiger charge is -2.34. The van der Waals surface area contributed by atoms with Gasteiger partial charge >= 0.3 is 5.97 Å². The Morgan fingerprint density at radius 2 is 1.85 bits per heavy atom. The SMILES string of the molecule is O=C(O)C1(C(F)F)CCC(O)CC1. The number of rotatable bonds is 2. The molecule has 0 aromatic rings. The average Bonchev–Trinajstić information content (AvgIpc) is 2.04. The number of aliphatic hydroxyl groups excluding tert-OH is 1. The number of carboxylic acids is 1. The monoisotopic (exact) mass is 194 g/mol. The van der Waals surface area contributed by atoms with Gasteiger partial charge in [0.05, 0.1) is 6.10 Å². The zero-order valence-corrected chi connectivity index (χ0v) is 7.04. The highest BCUT2D eigenvalue weighted by Crippen LogP contribution is 2.41. The molecule has 0 atom stereocenters. The van der Waals surface area contributed by atoms with Crippen molar-refractivity contribution in [2.75, 3.05) is 0 Å². The summed E-state index contributed by atoms with van der Waals surface area (Å²) in [4.78, 5) is 10.7. The highest BCUT2D eigenvalue weighted by molar-refractivity contribution is 5.75. The molecule has 2 N–H and O–H groups in total. The molecule has 1 saturated carbocycles. The third-order valence-corrected chi connectivity index (χ3v) is 2.69. The van der Waals surface area contributed by atoms with Crippen LogP contribution in [0.2, 0.25) is 0 Å². The minimum absolute atomic E-state index is 0.138. The number of alkyl halides is 2. The van der Waals surface area contributed by atoms with E-state index in [1.807, 2.05) is 0 Å². The second kappa shape index (κ2) is 3.57. The summed E-state index contributed by atoms with van der Waals surface area (Å²) in [6, 6.07) is 0. The highest BCUT2D eigenvalue weighted by Gasteiger charge is 2.49. The summed E-state index contributed by atoms with van der Waals surface area (Å²) in [5.41, 5.74) is -1.92. The Hall–Kier alpha value is -0.710. The van der Waals surface area contributed by atoms with Crippen molar-refractivity contribution in [2.24, 2.45) is 5.41 Å². The van der Waals surface area contributed by atoms with Crippen LogP contribution in [0.15, 0.2) is 0 Å². The zero-order chi connectivity index (χ0) is 10.1. The van der Waals surface area contributed by atoms with Crippen molar-refractivity contribution in [1.82, 2.24) is 0 Å². The third kappa shape index (κ3) is 1.80. The first kappa shape index (κ1) is 10.4. The Bertz CT molecular complexity index is 198. The smallest absolute Gasteiger partial charge is 0.315 e. The third-order valence-electron chi connectivity index (χ3n) is 2.69. The Labute approximate surface area is 74.4 Å². The fourth-order valence-corrected chi connectivity index (χ4v) is 1.64. The largest absolute Gasteiger partial charge is 0.481 e. The van der Waals surface area contributed by atoms with Gasteiger partial charge in [0.2, 0.25) is 0 Å². The van der Waals surface area contributed by atoms with Crippen molar-refractivity contribution in [3.8, 4) is 0 Å². The molecule has 0 bridgehead atoms. The molecule has 1 fully saturated rings. The summed E-state index contributed by atoms with van der Waals surface area (Å²) >= 11 is 0. The van der Waals surface area contributed by atoms with Gasteiger partial charge in [0.1, 0.15) is 5.41 Å². The Morgan fingerprint density at radius 1 is 1.38 bits per heavy atom. The van der Waals surface area contributed by atoms with Gasteiger partial charge in [0.25, 0.3) is 6.43 Å². The average molecular weight is 194 g/mol. The fourth-order valence-electron chi connectivity index (χ4n) is 1.64. The molecule has 0 saturated heterocycles. The van der Waals surface area contributed by atoms with Crippen LogP contribution in [0, 0.1) is 5.41 Å². The van der Waals surface area contributed by atoms with Gasteiger partial charge in [-0.15, -0.1) is 0 Å². The number of hydrogen-bond donors (Lipinski definition) is 2. The molecular weight excluding hydrogens is 182 g/mol. The molecule has 0 amide bonds. The number of carbonyl (C=O) groups is 1. The standard InChI is InChI=1S/C8H12F2O3/c9-6(10)8(7(12)13)3-1-5(11)2-4-8/h5-6,11H,1-4H2,(H,12,13). The van der Waals surface area contributed by atoms with Crippen LogP contribution in [-0.2, 0) is 4.79 Å². The van der Waals surface area contributed by atoms with Crippen LogP contribution >= 0.6 is 0 Å². The lowest BCUT2D eigenvalue weighted by atomic mass is 9.73. The second-order valence-electron chi connectivity index (χ2n) is 3.49. The van der Waals surface area contributed by atoms with Gasteiger partial charge in [0.15, 0.2) is 0 Å². The molecule has 13 heavy (non-hydrogen) atoms. The molecule has 76 valence electrons. The van der Waals surface area contributed by atoms with Crippen LogP contribution in [0.4, 0.5) is 8.78 Å². The number of halogens is 2. The zero-order valence-electron chi connectivity index (χ0n) is 7.04. The molecule has 5 heteroatoms. The van der Waals surface area contributed by atoms with Gasteiger partial charge in [-0.05, 0) is 25.7 Å². The molecule has 0 unspecified atom stereocenters. The Kier molecular flexibility index (Phi) is 2.85. The van der Waals surface area contributed by atoms with Crippen LogP contribution in [0.5, 0.6) is 0 Å². The van der Waals surface area contributed by atoms with E-state index in [2.05, 4.69) is 0 Å². The summed E-state index contributed by atoms with van der Waals surface area (Å²) in [6.45, 7) is 0. The molecule has 0 aromatic carbocycles. The quantitative estimate of drug-likeness (QED) is 0.695. The lowest BCUT2D eigenvalue weighted by Crippen LogP contribution is -2.42. The molecule has 0 aromatic heterocycles. The van der Waals surface area contributed by atoms with Crippen LogP contribution in [-0.4, -0.2) is 28.7 Å². The predicted octanol–water partition coefficient (Wildman–Crippen LogP) is 1.26. The lowest BCUT2D eigenvalue weighted by molar-refractivity contribution is -0.165. The van der Waals surface area contributed by atoms with Crippen molar-refractivity contribution < 1.29 is 23.8 Å². The Morgan fingerprint density at radius 3 is 2.15 bits per heavy atom. The van der Waals surface area contributed by atoms with Gasteiger partial charge in [-0.1, -0.05) is 0 Å². The minimum Gasteiger partial charge on any atom is -0.481 e. The molecule has 1 aliphatic rings. The van der Waals surface area contributed by atoms with E-state index in [0.717, 1.165) is 0 Å². The van der Waals surface area contributed by atoms with Gasteiger partial charge in [-0.3, -0.25) is 4.79 Å². The summed E-state index contributed by atoms with van der Waals surface area (Å²) in [6.07, 6.45) is -3.45. The molecule has 0 heterocycles. The first-order chi connectivity index (χ1) is 5.99. The van der Waals surface area contributed by atoms with Gasteiger partial charge < -0.3 is 10.2 Å². The van der Waals surface area contributed by atoms with E-state index in [-0.39, 0.29) is 25.7 Å². The molecule has 3 nitrogen and oxygen atoms in total. The Balaban J connectivity index is 2.75. The molecule has 1 aliphatic carbocycles. The molecule has 0 aliphatic heterocycles. The first-order valence-electron chi connectivity index (χ1n) is 4.18. The van der Waals surface area contributed by atoms with Crippen LogP contribution in [0.25, 0.3) is 0 Å². The van der Waals surface area contributed by atoms with E-state index in [0.29, 0.717) is 0 Å². The van der Waals surface area contributed by atoms with Crippen molar-refractivity contribution in [3.63, 3.8) is 0 Å². The van der Waals surface area contributed by atoms with E-state index in [1.54, 1.807) is 0 Å². The number of carboxylic acid groups (broad SMARTS) is 1. The number of hydrogen-bond acceptors (Lipinski definition) is 2. The summed E-state index contributed by atoms with van der Waals surface area (Å²) in [5.74, 6) is -1.45. The topological polar surface area (TPSA) is 57.5 Å². The van der Waals surface area contributed by atoms with E-state index in [9.17, 15) is 13.6 Å². The minimum atomic E-state index is -2.85. The van der Waals surface area contributed by atoms with Crippen molar-refractivity contribution >= 4 is 5.97 Å². The molecule has 0 spiro atoms. The van der Waals surface area contributed by atoms with Crippen molar-refractivity contribution in [3.05, 3.63) is 0 Å². The van der Waals surface area contributed by atoms with Gasteiger partial charge in [-0.2, -0.15) is 0 Å². The summed E-state index contributed by atoms with van der Waals surface area (Å²) in [7, 11) is 0. The highest BCUT2D eigenvalue weighted by atomic mass is 19.3. The van der Waals surface area contributed by atoms with Crippen molar-refractivity contribution in [2.45, 2.75) is 38.2 Å². The normalized spacial score (nSPS) is 34.9. The van der Waals surface area contributed by atoms with E-state index in [4.69, 9.17) is 10.2 Å². The summed E-state index contributed by atoms with van der Waals surface area (Å²) < 4.78 is 25.0. The van der Waals surface area contributed by atoms with Gasteiger partial charge in [-0.25, -0.2) is 8.78 Å². The molecule has 1 rings (SSSR count). The second-order valence-corrected chi connectivity index (χ2v) is 3.49. The van der Waals surface area contributed by atoms with Crippen LogP contribution in [0.1, 0.15) is 25.7 Å². The van der Waals surface area contributed by atoms with E-state index >= 15 is 0 Å². The molecule has 0 radical (unpaired) electrons. The molecular formula is C8H12F2O3.